The summed E-state index contributed by atoms with van der Waals surface area (Å²) in [5.74, 6) is -5.38. The highest BCUT2D eigenvalue weighted by Gasteiger charge is 2.87. The summed E-state index contributed by atoms with van der Waals surface area (Å²) in [4.78, 5) is 71.0. The van der Waals surface area contributed by atoms with Gasteiger partial charge in [-0.3, -0.25) is 14.6 Å². The largest absolute Gasteiger partial charge is 0.472 e. The fourth-order valence-electron chi connectivity index (χ4n) is 8.10. The lowest BCUT2D eigenvalue weighted by Gasteiger charge is -2.65. The van der Waals surface area contributed by atoms with Crippen molar-refractivity contribution in [3.63, 3.8) is 0 Å². The van der Waals surface area contributed by atoms with Crippen LogP contribution in [0.3, 0.4) is 0 Å². The van der Waals surface area contributed by atoms with E-state index in [1.54, 1.807) is 13.8 Å². The van der Waals surface area contributed by atoms with Crippen LogP contribution in [0.4, 0.5) is 0 Å². The number of aliphatic hydroxyl groups is 1. The first-order chi connectivity index (χ1) is 23.6. The van der Waals surface area contributed by atoms with Gasteiger partial charge in [0.15, 0.2) is 11.7 Å². The number of hydrogen-bond acceptors (Lipinski definition) is 15. The Balaban J connectivity index is 1.64. The molecule has 4 heterocycles. The fraction of sp³-hybridized carbons (Fsp3) is 0.486. The zero-order chi connectivity index (χ0) is 36.1. The second-order valence-electron chi connectivity index (χ2n) is 13.5. The molecule has 1 N–H and O–H groups in total. The molecule has 2 aliphatic carbocycles. The van der Waals surface area contributed by atoms with Crippen molar-refractivity contribution in [2.75, 3.05) is 6.61 Å². The Bertz CT molecular complexity index is 1750. The Morgan fingerprint density at radius 1 is 0.840 bits per heavy atom. The van der Waals surface area contributed by atoms with Gasteiger partial charge in [0.25, 0.3) is 0 Å². The smallest absolute Gasteiger partial charge is 0.341 e. The number of pyridine rings is 1. The number of esters is 5. The van der Waals surface area contributed by atoms with Gasteiger partial charge in [-0.15, -0.1) is 0 Å². The first-order valence-corrected chi connectivity index (χ1v) is 15.9. The van der Waals surface area contributed by atoms with Crippen molar-refractivity contribution in [1.29, 1.82) is 0 Å². The number of hydrogen-bond donors (Lipinski definition) is 1. The molecular formula is C35H37NO14. The molecule has 3 fully saturated rings. The van der Waals surface area contributed by atoms with Gasteiger partial charge >= 0.3 is 29.8 Å². The zero-order valence-electron chi connectivity index (χ0n) is 28.0. The highest BCUT2D eigenvalue weighted by Crippen LogP contribution is 2.69. The predicted molar refractivity (Wildman–Crippen MR) is 165 cm³/mol. The van der Waals surface area contributed by atoms with Gasteiger partial charge in [-0.2, -0.15) is 0 Å². The normalized spacial score (nSPS) is 32.2. The van der Waals surface area contributed by atoms with Crippen LogP contribution < -0.4 is 0 Å². The molecule has 3 aliphatic rings. The van der Waals surface area contributed by atoms with Crippen LogP contribution in [0.25, 0.3) is 0 Å². The van der Waals surface area contributed by atoms with E-state index in [9.17, 15) is 29.1 Å². The van der Waals surface area contributed by atoms with Crippen LogP contribution >= 0.6 is 0 Å². The summed E-state index contributed by atoms with van der Waals surface area (Å²) in [5.41, 5.74) is -7.52. The van der Waals surface area contributed by atoms with Gasteiger partial charge in [0.1, 0.15) is 42.9 Å². The first-order valence-electron chi connectivity index (χ1n) is 15.9. The van der Waals surface area contributed by atoms with Crippen molar-refractivity contribution >= 4 is 29.8 Å². The second-order valence-corrected chi connectivity index (χ2v) is 13.5. The average Bonchev–Trinajstić information content (AvgIpc) is 3.82. The number of fused-ring (bicyclic) bond motifs is 1. The standard InChI is InChI=1S/C35H37NO14/c1-19(37)45-18-34-24(47-30(40)22-9-13-43-16-22)8-11-33(5,42)35(34)27(46-20(2)38)25(32(3,4)50-35)26(48-29(39)21-7-6-12-36-15-21)28(34)49-31(41)23-10-14-44-17-23/h6-7,9-10,12-17,24-28,42H,8,11,18H2,1-5H3/t24-,25+,26+,27+,28+,33-,34-,35-/m0/s1. The van der Waals surface area contributed by atoms with Crippen molar-refractivity contribution in [1.82, 2.24) is 4.98 Å². The quantitative estimate of drug-likeness (QED) is 0.252. The van der Waals surface area contributed by atoms with Gasteiger partial charge < -0.3 is 42.4 Å². The Hall–Kier alpha value is -5.02. The van der Waals surface area contributed by atoms with Crippen LogP contribution in [0.2, 0.25) is 0 Å². The molecular weight excluding hydrogens is 658 g/mol. The van der Waals surface area contributed by atoms with Gasteiger partial charge in [-0.05, 0) is 57.9 Å². The third-order valence-electron chi connectivity index (χ3n) is 10.0. The minimum Gasteiger partial charge on any atom is -0.472 e. The molecule has 3 aromatic heterocycles. The Labute approximate surface area is 286 Å². The van der Waals surface area contributed by atoms with E-state index in [1.165, 1.54) is 62.4 Å². The predicted octanol–water partition coefficient (Wildman–Crippen LogP) is 3.45. The average molecular weight is 696 g/mol. The number of rotatable bonds is 9. The van der Waals surface area contributed by atoms with Crippen molar-refractivity contribution in [2.24, 2.45) is 11.3 Å². The van der Waals surface area contributed by atoms with Gasteiger partial charge in [0.05, 0.1) is 46.3 Å². The van der Waals surface area contributed by atoms with E-state index in [2.05, 4.69) is 4.98 Å². The SMILES string of the molecule is CC(=O)OC[C@@]12[C@@H](OC(=O)c3ccoc3)CC[C@](C)(O)[C@]13OC(C)(C)[C@H]([C@@H](OC(=O)c1cccnc1)[C@H]2OC(=O)c1ccoc1)[C@H]3OC(C)=O. The van der Waals surface area contributed by atoms with Crippen molar-refractivity contribution < 1.29 is 66.3 Å². The molecule has 2 bridgehead atoms. The molecule has 15 heteroatoms. The van der Waals surface area contributed by atoms with E-state index in [-0.39, 0.29) is 29.5 Å². The maximum absolute atomic E-state index is 13.9. The molecule has 266 valence electrons. The minimum absolute atomic E-state index is 0.0248. The number of ether oxygens (including phenoxy) is 6. The molecule has 1 saturated heterocycles. The summed E-state index contributed by atoms with van der Waals surface area (Å²) in [5, 5.41) is 12.5. The van der Waals surface area contributed by atoms with E-state index in [4.69, 9.17) is 37.3 Å². The first kappa shape index (κ1) is 34.8. The summed E-state index contributed by atoms with van der Waals surface area (Å²) in [6.45, 7) is 6.32. The maximum atomic E-state index is 13.9. The van der Waals surface area contributed by atoms with E-state index >= 15 is 0 Å². The fourth-order valence-corrected chi connectivity index (χ4v) is 8.10. The third-order valence-corrected chi connectivity index (χ3v) is 10.0. The molecule has 0 unspecified atom stereocenters. The van der Waals surface area contributed by atoms with Crippen molar-refractivity contribution in [3.05, 3.63) is 78.4 Å². The highest BCUT2D eigenvalue weighted by molar-refractivity contribution is 5.90. The van der Waals surface area contributed by atoms with Crippen LogP contribution in [0.5, 0.6) is 0 Å². The Morgan fingerprint density at radius 2 is 1.48 bits per heavy atom. The molecule has 0 amide bonds. The third kappa shape index (κ3) is 5.54. The molecule has 0 radical (unpaired) electrons. The summed E-state index contributed by atoms with van der Waals surface area (Å²) in [6.07, 6.45) is 1.34. The number of aromatic nitrogens is 1. The molecule has 0 aromatic carbocycles. The molecule has 6 rings (SSSR count). The number of furan rings is 2. The molecule has 1 spiro atoms. The zero-order valence-corrected chi connectivity index (χ0v) is 28.0. The molecule has 8 atom stereocenters. The van der Waals surface area contributed by atoms with E-state index in [0.29, 0.717) is 0 Å². The lowest BCUT2D eigenvalue weighted by Crippen LogP contribution is -2.83. The lowest BCUT2D eigenvalue weighted by molar-refractivity contribution is -0.346. The minimum atomic E-state index is -2.12. The molecule has 3 aromatic rings. The van der Waals surface area contributed by atoms with Crippen LogP contribution in [0.15, 0.2) is 70.5 Å². The van der Waals surface area contributed by atoms with E-state index in [1.807, 2.05) is 0 Å². The van der Waals surface area contributed by atoms with Crippen LogP contribution in [-0.2, 0) is 38.0 Å². The van der Waals surface area contributed by atoms with Crippen LogP contribution in [-0.4, -0.2) is 87.8 Å². The topological polar surface area (TPSA) is 200 Å². The molecule has 2 saturated carbocycles. The van der Waals surface area contributed by atoms with Gasteiger partial charge in [0, 0.05) is 26.2 Å². The number of carbonyl (C=O) groups is 5. The summed E-state index contributed by atoms with van der Waals surface area (Å²) < 4.78 is 47.5. The van der Waals surface area contributed by atoms with Gasteiger partial charge in [-0.1, -0.05) is 0 Å². The monoisotopic (exact) mass is 695 g/mol. The van der Waals surface area contributed by atoms with Gasteiger partial charge in [0.2, 0.25) is 0 Å². The second kappa shape index (κ2) is 12.7. The van der Waals surface area contributed by atoms with Crippen LogP contribution in [0.1, 0.15) is 78.5 Å². The lowest BCUT2D eigenvalue weighted by atomic mass is 9.46. The maximum Gasteiger partial charge on any atom is 0.341 e. The highest BCUT2D eigenvalue weighted by atomic mass is 16.6. The van der Waals surface area contributed by atoms with Crippen molar-refractivity contribution in [2.45, 2.75) is 88.7 Å². The van der Waals surface area contributed by atoms with Crippen LogP contribution in [0, 0.1) is 11.3 Å². The molecule has 50 heavy (non-hydrogen) atoms. The summed E-state index contributed by atoms with van der Waals surface area (Å²) >= 11 is 0. The number of carbonyl (C=O) groups excluding carboxylic acids is 5. The summed E-state index contributed by atoms with van der Waals surface area (Å²) in [6, 6.07) is 5.71. The Morgan fingerprint density at radius 3 is 2.04 bits per heavy atom. The van der Waals surface area contributed by atoms with Crippen molar-refractivity contribution in [3.8, 4) is 0 Å². The number of nitrogens with zero attached hydrogens (tertiary/aromatic N) is 1. The molecule has 1 aliphatic heterocycles. The summed E-state index contributed by atoms with van der Waals surface area (Å²) in [7, 11) is 0. The molecule has 15 nitrogen and oxygen atoms in total. The van der Waals surface area contributed by atoms with Gasteiger partial charge in [-0.25, -0.2) is 14.4 Å². The van der Waals surface area contributed by atoms with E-state index < -0.39 is 89.0 Å². The van der Waals surface area contributed by atoms with E-state index in [0.717, 1.165) is 20.1 Å². The Kier molecular flexibility index (Phi) is 8.85.